The third-order valence-corrected chi connectivity index (χ3v) is 8.84. The number of hydrogen-bond donors (Lipinski definition) is 0. The minimum absolute atomic E-state index is 0.0106. The maximum Gasteiger partial charge on any atom is 0.200 e. The normalized spacial score (nSPS) is 32.2. The fourth-order valence-electron chi connectivity index (χ4n) is 6.75. The van der Waals surface area contributed by atoms with E-state index < -0.39 is 11.6 Å². The Bertz CT molecular complexity index is 828. The van der Waals surface area contributed by atoms with Gasteiger partial charge in [0.25, 0.3) is 0 Å². The highest BCUT2D eigenvalue weighted by atomic mass is 19.2. The predicted octanol–water partition coefficient (Wildman–Crippen LogP) is 9.38. The molecule has 3 heteroatoms. The van der Waals surface area contributed by atoms with Gasteiger partial charge in [0.05, 0.1) is 6.61 Å². The van der Waals surface area contributed by atoms with Crippen molar-refractivity contribution < 1.29 is 13.5 Å². The molecule has 0 radical (unpaired) electrons. The second-order valence-corrected chi connectivity index (χ2v) is 11.1. The zero-order chi connectivity index (χ0) is 23.9. The Balaban J connectivity index is 1.24. The van der Waals surface area contributed by atoms with Gasteiger partial charge in [0.2, 0.25) is 5.82 Å². The fourth-order valence-corrected chi connectivity index (χ4v) is 6.75. The summed E-state index contributed by atoms with van der Waals surface area (Å²) in [5.41, 5.74) is 0.466. The van der Waals surface area contributed by atoms with Crippen molar-refractivity contribution in [3.05, 3.63) is 53.6 Å². The Morgan fingerprint density at radius 3 is 2.06 bits per heavy atom. The van der Waals surface area contributed by atoms with Crippen molar-refractivity contribution in [1.29, 1.82) is 0 Å². The molecule has 0 saturated heterocycles. The largest absolute Gasteiger partial charge is 0.491 e. The van der Waals surface area contributed by atoms with Crippen LogP contribution in [0.5, 0.6) is 5.75 Å². The minimum Gasteiger partial charge on any atom is -0.491 e. The van der Waals surface area contributed by atoms with Gasteiger partial charge in [-0.2, -0.15) is 4.39 Å². The lowest BCUT2D eigenvalue weighted by atomic mass is 9.71. The summed E-state index contributed by atoms with van der Waals surface area (Å²) in [6.45, 7) is 4.42. The Morgan fingerprint density at radius 2 is 1.47 bits per heavy atom. The molecule has 34 heavy (non-hydrogen) atoms. The molecular formula is C31H44F2O. The van der Waals surface area contributed by atoms with Gasteiger partial charge in [0.1, 0.15) is 0 Å². The minimum atomic E-state index is -0.852. The molecule has 188 valence electrons. The monoisotopic (exact) mass is 470 g/mol. The molecule has 0 aromatic heterocycles. The van der Waals surface area contributed by atoms with Crippen LogP contribution in [-0.2, 0) is 0 Å². The molecular weight excluding hydrogens is 426 g/mol. The molecule has 0 N–H and O–H groups in total. The van der Waals surface area contributed by atoms with Crippen molar-refractivity contribution in [1.82, 2.24) is 0 Å². The summed E-state index contributed by atoms with van der Waals surface area (Å²) in [6.07, 6.45) is 25.1. The van der Waals surface area contributed by atoms with Gasteiger partial charge in [-0.25, -0.2) is 4.39 Å². The fraction of sp³-hybridized carbons (Fsp3) is 0.677. The molecule has 1 nitrogen and oxygen atoms in total. The summed E-state index contributed by atoms with van der Waals surface area (Å²) < 4.78 is 34.1. The topological polar surface area (TPSA) is 9.23 Å². The Kier molecular flexibility index (Phi) is 9.25. The molecule has 0 amide bonds. The Morgan fingerprint density at radius 1 is 0.794 bits per heavy atom. The van der Waals surface area contributed by atoms with Crippen molar-refractivity contribution >= 4 is 0 Å². The molecule has 3 aliphatic carbocycles. The first-order chi connectivity index (χ1) is 16.6. The van der Waals surface area contributed by atoms with Gasteiger partial charge in [-0.1, -0.05) is 50.1 Å². The van der Waals surface area contributed by atoms with Gasteiger partial charge >= 0.3 is 0 Å². The number of halogens is 2. The number of benzene rings is 1. The van der Waals surface area contributed by atoms with Crippen molar-refractivity contribution in [2.75, 3.05) is 6.61 Å². The highest BCUT2D eigenvalue weighted by molar-refractivity contribution is 5.35. The van der Waals surface area contributed by atoms with Gasteiger partial charge in [-0.3, -0.25) is 0 Å². The van der Waals surface area contributed by atoms with Crippen LogP contribution in [0.3, 0.4) is 0 Å². The number of allylic oxidation sites excluding steroid dienone is 4. The maximum absolute atomic E-state index is 14.6. The van der Waals surface area contributed by atoms with E-state index in [0.29, 0.717) is 18.1 Å². The van der Waals surface area contributed by atoms with E-state index in [1.54, 1.807) is 19.1 Å². The summed E-state index contributed by atoms with van der Waals surface area (Å²) in [5, 5.41) is 0. The molecule has 0 heterocycles. The Hall–Kier alpha value is -1.64. The maximum atomic E-state index is 14.6. The molecule has 0 aliphatic heterocycles. The average Bonchev–Trinajstić information content (AvgIpc) is 2.87. The van der Waals surface area contributed by atoms with Gasteiger partial charge in [-0.15, -0.1) is 0 Å². The van der Waals surface area contributed by atoms with E-state index in [0.717, 1.165) is 36.5 Å². The van der Waals surface area contributed by atoms with Gasteiger partial charge in [0.15, 0.2) is 11.6 Å². The number of hydrogen-bond acceptors (Lipinski definition) is 1. The molecule has 2 fully saturated rings. The van der Waals surface area contributed by atoms with Gasteiger partial charge in [0, 0.05) is 5.92 Å². The van der Waals surface area contributed by atoms with E-state index in [-0.39, 0.29) is 11.7 Å². The summed E-state index contributed by atoms with van der Waals surface area (Å²) in [4.78, 5) is 0. The molecule has 1 aromatic carbocycles. The van der Waals surface area contributed by atoms with Crippen molar-refractivity contribution in [2.45, 2.75) is 96.8 Å². The van der Waals surface area contributed by atoms with Crippen LogP contribution < -0.4 is 4.74 Å². The zero-order valence-corrected chi connectivity index (χ0v) is 21.3. The van der Waals surface area contributed by atoms with E-state index in [2.05, 4.69) is 31.2 Å². The summed E-state index contributed by atoms with van der Waals surface area (Å²) in [5.74, 6) is 2.27. The molecule has 3 aliphatic rings. The number of rotatable bonds is 8. The second kappa shape index (κ2) is 12.4. The molecule has 2 saturated carbocycles. The van der Waals surface area contributed by atoms with Crippen LogP contribution in [0.4, 0.5) is 8.78 Å². The lowest BCUT2D eigenvalue weighted by molar-refractivity contribution is 0.235. The Labute approximate surface area is 206 Å². The van der Waals surface area contributed by atoms with Crippen LogP contribution in [0.2, 0.25) is 0 Å². The molecule has 0 bridgehead atoms. The SMILES string of the molecule is CCCC1CCC(C=CC2CCC(C3C=CC(c4ccc(OCC)c(F)c4F)CC3)CC2)CC1. The second-order valence-electron chi connectivity index (χ2n) is 11.1. The lowest BCUT2D eigenvalue weighted by Crippen LogP contribution is -2.22. The van der Waals surface area contributed by atoms with Crippen LogP contribution in [0.15, 0.2) is 36.4 Å². The first-order valence-corrected chi connectivity index (χ1v) is 14.1. The molecule has 2 atom stereocenters. The van der Waals surface area contributed by atoms with Crippen LogP contribution >= 0.6 is 0 Å². The summed E-state index contributed by atoms with van der Waals surface area (Å²) in [7, 11) is 0. The quantitative estimate of drug-likeness (QED) is 0.344. The highest BCUT2D eigenvalue weighted by Gasteiger charge is 2.29. The smallest absolute Gasteiger partial charge is 0.200 e. The lowest BCUT2D eigenvalue weighted by Gasteiger charge is -2.34. The van der Waals surface area contributed by atoms with Crippen LogP contribution in [-0.4, -0.2) is 6.61 Å². The van der Waals surface area contributed by atoms with E-state index in [9.17, 15) is 8.78 Å². The third-order valence-electron chi connectivity index (χ3n) is 8.84. The highest BCUT2D eigenvalue weighted by Crippen LogP contribution is 2.42. The van der Waals surface area contributed by atoms with E-state index in [1.807, 2.05) is 0 Å². The van der Waals surface area contributed by atoms with E-state index in [1.165, 1.54) is 64.2 Å². The first-order valence-electron chi connectivity index (χ1n) is 14.1. The van der Waals surface area contributed by atoms with Crippen molar-refractivity contribution in [3.63, 3.8) is 0 Å². The predicted molar refractivity (Wildman–Crippen MR) is 137 cm³/mol. The van der Waals surface area contributed by atoms with Gasteiger partial charge in [-0.05, 0) is 112 Å². The summed E-state index contributed by atoms with van der Waals surface area (Å²) in [6, 6.07) is 3.27. The van der Waals surface area contributed by atoms with Gasteiger partial charge < -0.3 is 4.74 Å². The molecule has 1 aromatic rings. The van der Waals surface area contributed by atoms with Crippen LogP contribution in [0.1, 0.15) is 102 Å². The number of ether oxygens (including phenoxy) is 1. The third kappa shape index (κ3) is 6.32. The van der Waals surface area contributed by atoms with E-state index >= 15 is 0 Å². The van der Waals surface area contributed by atoms with Crippen molar-refractivity contribution in [2.24, 2.45) is 29.6 Å². The average molecular weight is 471 g/mol. The molecule has 2 unspecified atom stereocenters. The standard InChI is InChI=1S/C31H44F2O/c1-3-5-22-6-8-23(9-7-22)10-11-24-12-14-25(15-13-24)26-16-18-27(19-17-26)28-20-21-29(34-4-2)31(33)30(28)32/h10-11,16,18,20-27H,3-9,12-15,17,19H2,1-2H3. The molecule has 4 rings (SSSR count). The van der Waals surface area contributed by atoms with Crippen molar-refractivity contribution in [3.8, 4) is 5.75 Å². The first kappa shape index (κ1) is 25.5. The zero-order valence-electron chi connectivity index (χ0n) is 21.3. The van der Waals surface area contributed by atoms with Crippen LogP contribution in [0, 0.1) is 41.2 Å². The summed E-state index contributed by atoms with van der Waals surface area (Å²) >= 11 is 0. The molecule has 0 spiro atoms. The van der Waals surface area contributed by atoms with E-state index in [4.69, 9.17) is 4.74 Å². The van der Waals surface area contributed by atoms with Crippen LogP contribution in [0.25, 0.3) is 0 Å².